The number of carbonyl (C=O) groups excluding carboxylic acids is 1. The van der Waals surface area contributed by atoms with E-state index in [9.17, 15) is 4.79 Å². The topological polar surface area (TPSA) is 55.1 Å². The van der Waals surface area contributed by atoms with Gasteiger partial charge in [-0.2, -0.15) is 0 Å². The summed E-state index contributed by atoms with van der Waals surface area (Å²) >= 11 is 3.45. The lowest BCUT2D eigenvalue weighted by Crippen LogP contribution is -2.20. The number of hydrogen-bond donors (Lipinski definition) is 2. The first kappa shape index (κ1) is 13.2. The average molecular weight is 285 g/mol. The number of carbonyl (C=O) groups is 1. The second-order valence-electron chi connectivity index (χ2n) is 4.03. The van der Waals surface area contributed by atoms with Crippen LogP contribution in [-0.4, -0.2) is 12.5 Å². The molecule has 4 heteroatoms. The molecule has 0 heterocycles. The molecule has 1 aromatic rings. The van der Waals surface area contributed by atoms with E-state index in [0.29, 0.717) is 13.0 Å². The molecule has 0 aliphatic rings. The minimum atomic E-state index is 0.00394. The molecule has 0 saturated carbocycles. The Balaban J connectivity index is 2.66. The SMILES string of the molecule is Cc1cccc(NC(=O)CC(C)CN)c1Br. The van der Waals surface area contributed by atoms with Crippen LogP contribution in [0.3, 0.4) is 0 Å². The first-order chi connectivity index (χ1) is 7.54. The average Bonchev–Trinajstić information content (AvgIpc) is 2.24. The number of benzene rings is 1. The molecule has 0 aromatic heterocycles. The number of anilines is 1. The van der Waals surface area contributed by atoms with Gasteiger partial charge in [-0.1, -0.05) is 19.1 Å². The van der Waals surface area contributed by atoms with E-state index in [1.54, 1.807) is 0 Å². The highest BCUT2D eigenvalue weighted by molar-refractivity contribution is 9.10. The second kappa shape index (κ2) is 6.01. The van der Waals surface area contributed by atoms with Crippen LogP contribution in [0.1, 0.15) is 18.9 Å². The molecule has 1 aromatic carbocycles. The standard InChI is InChI=1S/C12H17BrN2O/c1-8(7-14)6-11(16)15-10-5-3-4-9(2)12(10)13/h3-5,8H,6-7,14H2,1-2H3,(H,15,16). The number of aryl methyl sites for hydroxylation is 1. The molecule has 0 bridgehead atoms. The van der Waals surface area contributed by atoms with Gasteiger partial charge in [0.2, 0.25) is 5.91 Å². The summed E-state index contributed by atoms with van der Waals surface area (Å²) in [7, 11) is 0. The van der Waals surface area contributed by atoms with Crippen LogP contribution >= 0.6 is 15.9 Å². The summed E-state index contributed by atoms with van der Waals surface area (Å²) in [6, 6.07) is 5.78. The van der Waals surface area contributed by atoms with Gasteiger partial charge in [0, 0.05) is 10.9 Å². The summed E-state index contributed by atoms with van der Waals surface area (Å²) in [6.07, 6.45) is 0.455. The molecule has 0 saturated heterocycles. The highest BCUT2D eigenvalue weighted by atomic mass is 79.9. The van der Waals surface area contributed by atoms with Gasteiger partial charge in [-0.15, -0.1) is 0 Å². The maximum absolute atomic E-state index is 11.7. The van der Waals surface area contributed by atoms with E-state index < -0.39 is 0 Å². The molecule has 3 nitrogen and oxygen atoms in total. The van der Waals surface area contributed by atoms with Crippen molar-refractivity contribution in [3.8, 4) is 0 Å². The molecule has 0 aliphatic carbocycles. The molecule has 0 radical (unpaired) electrons. The molecule has 1 rings (SSSR count). The molecule has 0 spiro atoms. The second-order valence-corrected chi connectivity index (χ2v) is 4.82. The molecule has 1 unspecified atom stereocenters. The highest BCUT2D eigenvalue weighted by Gasteiger charge is 2.09. The van der Waals surface area contributed by atoms with Crippen LogP contribution in [0.4, 0.5) is 5.69 Å². The largest absolute Gasteiger partial charge is 0.330 e. The van der Waals surface area contributed by atoms with Gasteiger partial charge in [0.1, 0.15) is 0 Å². The first-order valence-electron chi connectivity index (χ1n) is 5.29. The predicted molar refractivity (Wildman–Crippen MR) is 70.3 cm³/mol. The summed E-state index contributed by atoms with van der Waals surface area (Å²) in [5.41, 5.74) is 7.39. The van der Waals surface area contributed by atoms with E-state index in [-0.39, 0.29) is 11.8 Å². The molecular formula is C12H17BrN2O. The molecule has 0 fully saturated rings. The zero-order chi connectivity index (χ0) is 12.1. The summed E-state index contributed by atoms with van der Waals surface area (Å²) in [5, 5.41) is 2.87. The van der Waals surface area contributed by atoms with Gasteiger partial charge in [0.25, 0.3) is 0 Å². The Morgan fingerprint density at radius 3 is 2.88 bits per heavy atom. The van der Waals surface area contributed by atoms with Crippen LogP contribution in [0.5, 0.6) is 0 Å². The van der Waals surface area contributed by atoms with E-state index in [0.717, 1.165) is 15.7 Å². The molecule has 3 N–H and O–H groups in total. The highest BCUT2D eigenvalue weighted by Crippen LogP contribution is 2.25. The minimum Gasteiger partial charge on any atom is -0.330 e. The lowest BCUT2D eigenvalue weighted by molar-refractivity contribution is -0.116. The normalized spacial score (nSPS) is 12.2. The van der Waals surface area contributed by atoms with Crippen molar-refractivity contribution in [2.75, 3.05) is 11.9 Å². The maximum Gasteiger partial charge on any atom is 0.224 e. The van der Waals surface area contributed by atoms with Crippen molar-refractivity contribution < 1.29 is 4.79 Å². The van der Waals surface area contributed by atoms with E-state index in [2.05, 4.69) is 21.2 Å². The maximum atomic E-state index is 11.7. The summed E-state index contributed by atoms with van der Waals surface area (Å²) in [5.74, 6) is 0.216. The fraction of sp³-hybridized carbons (Fsp3) is 0.417. The summed E-state index contributed by atoms with van der Waals surface area (Å²) in [4.78, 5) is 11.7. The lowest BCUT2D eigenvalue weighted by Gasteiger charge is -2.11. The number of amides is 1. The van der Waals surface area contributed by atoms with Gasteiger partial charge in [0.05, 0.1) is 5.69 Å². The van der Waals surface area contributed by atoms with E-state index >= 15 is 0 Å². The van der Waals surface area contributed by atoms with E-state index in [4.69, 9.17) is 5.73 Å². The van der Waals surface area contributed by atoms with Gasteiger partial charge >= 0.3 is 0 Å². The van der Waals surface area contributed by atoms with Crippen LogP contribution in [0.15, 0.2) is 22.7 Å². The zero-order valence-electron chi connectivity index (χ0n) is 9.59. The molecule has 0 aliphatic heterocycles. The predicted octanol–water partition coefficient (Wildman–Crippen LogP) is 2.68. The van der Waals surface area contributed by atoms with Crippen molar-refractivity contribution >= 4 is 27.5 Å². The van der Waals surface area contributed by atoms with Crippen molar-refractivity contribution in [2.45, 2.75) is 20.3 Å². The molecule has 1 amide bonds. The molecule has 1 atom stereocenters. The Labute approximate surface area is 105 Å². The smallest absolute Gasteiger partial charge is 0.224 e. The van der Waals surface area contributed by atoms with Gasteiger partial charge < -0.3 is 11.1 Å². The van der Waals surface area contributed by atoms with Crippen LogP contribution in [0, 0.1) is 12.8 Å². The Hall–Kier alpha value is -0.870. The van der Waals surface area contributed by atoms with Gasteiger partial charge in [-0.05, 0) is 46.9 Å². The summed E-state index contributed by atoms with van der Waals surface area (Å²) < 4.78 is 0.934. The van der Waals surface area contributed by atoms with Gasteiger partial charge in [-0.3, -0.25) is 4.79 Å². The Morgan fingerprint density at radius 2 is 2.25 bits per heavy atom. The minimum absolute atomic E-state index is 0.00394. The molecule has 16 heavy (non-hydrogen) atoms. The van der Waals surface area contributed by atoms with E-state index in [1.165, 1.54) is 0 Å². The number of halogens is 1. The number of nitrogens with two attached hydrogens (primary N) is 1. The van der Waals surface area contributed by atoms with Crippen molar-refractivity contribution in [3.63, 3.8) is 0 Å². The van der Waals surface area contributed by atoms with Crippen LogP contribution in [0.2, 0.25) is 0 Å². The fourth-order valence-corrected chi connectivity index (χ4v) is 1.71. The lowest BCUT2D eigenvalue weighted by atomic mass is 10.1. The van der Waals surface area contributed by atoms with Crippen molar-refractivity contribution in [1.82, 2.24) is 0 Å². The van der Waals surface area contributed by atoms with Crippen LogP contribution in [0.25, 0.3) is 0 Å². The third-order valence-electron chi connectivity index (χ3n) is 2.40. The molecule has 88 valence electrons. The van der Waals surface area contributed by atoms with Crippen molar-refractivity contribution in [2.24, 2.45) is 11.7 Å². The quantitative estimate of drug-likeness (QED) is 0.893. The number of nitrogens with one attached hydrogen (secondary N) is 1. The Bertz CT molecular complexity index is 379. The Kier molecular flexibility index (Phi) is 4.96. The van der Waals surface area contributed by atoms with Crippen molar-refractivity contribution in [3.05, 3.63) is 28.2 Å². The monoisotopic (exact) mass is 284 g/mol. The third kappa shape index (κ3) is 3.61. The number of hydrogen-bond acceptors (Lipinski definition) is 2. The van der Waals surface area contributed by atoms with Crippen molar-refractivity contribution in [1.29, 1.82) is 0 Å². The van der Waals surface area contributed by atoms with Gasteiger partial charge in [0.15, 0.2) is 0 Å². The summed E-state index contributed by atoms with van der Waals surface area (Å²) in [6.45, 7) is 4.48. The zero-order valence-corrected chi connectivity index (χ0v) is 11.2. The number of rotatable bonds is 4. The first-order valence-corrected chi connectivity index (χ1v) is 6.09. The van der Waals surface area contributed by atoms with E-state index in [1.807, 2.05) is 32.0 Å². The third-order valence-corrected chi connectivity index (χ3v) is 3.45. The van der Waals surface area contributed by atoms with Gasteiger partial charge in [-0.25, -0.2) is 0 Å². The van der Waals surface area contributed by atoms with Crippen LogP contribution < -0.4 is 11.1 Å². The Morgan fingerprint density at radius 1 is 1.56 bits per heavy atom. The van der Waals surface area contributed by atoms with Crippen LogP contribution in [-0.2, 0) is 4.79 Å². The fourth-order valence-electron chi connectivity index (χ4n) is 1.35. The molecular weight excluding hydrogens is 268 g/mol.